The molecular weight excluding hydrogens is 226 g/mol. The van der Waals surface area contributed by atoms with E-state index < -0.39 is 23.5 Å². The van der Waals surface area contributed by atoms with Gasteiger partial charge in [0.05, 0.1) is 6.61 Å². The maximum atomic E-state index is 11.5. The van der Waals surface area contributed by atoms with Crippen LogP contribution < -0.4 is 5.32 Å². The molecule has 1 aliphatic rings. The summed E-state index contributed by atoms with van der Waals surface area (Å²) in [4.78, 5) is 22.8. The van der Waals surface area contributed by atoms with Crippen molar-refractivity contribution in [3.63, 3.8) is 0 Å². The molecule has 6 heteroatoms. The second kappa shape index (κ2) is 5.97. The third kappa shape index (κ3) is 3.41. The Kier molecular flexibility index (Phi) is 4.89. The average molecular weight is 245 g/mol. The van der Waals surface area contributed by atoms with Gasteiger partial charge in [-0.1, -0.05) is 0 Å². The molecule has 17 heavy (non-hydrogen) atoms. The Bertz CT molecular complexity index is 286. The summed E-state index contributed by atoms with van der Waals surface area (Å²) in [7, 11) is 0. The van der Waals surface area contributed by atoms with Crippen LogP contribution in [0.25, 0.3) is 0 Å². The lowest BCUT2D eigenvalue weighted by Gasteiger charge is -2.35. The van der Waals surface area contributed by atoms with E-state index in [-0.39, 0.29) is 6.61 Å². The Hall–Kier alpha value is -1.14. The van der Waals surface area contributed by atoms with Crippen molar-refractivity contribution in [1.29, 1.82) is 0 Å². The molecule has 1 saturated heterocycles. The molecule has 0 saturated carbocycles. The van der Waals surface area contributed by atoms with Crippen molar-refractivity contribution in [2.75, 3.05) is 19.8 Å². The highest BCUT2D eigenvalue weighted by Gasteiger charge is 2.42. The van der Waals surface area contributed by atoms with Crippen LogP contribution in [-0.4, -0.2) is 48.4 Å². The van der Waals surface area contributed by atoms with Gasteiger partial charge in [-0.3, -0.25) is 14.9 Å². The molecule has 1 rings (SSSR count). The zero-order valence-corrected chi connectivity index (χ0v) is 10.2. The number of carboxylic acids is 1. The predicted octanol–water partition coefficient (Wildman–Crippen LogP) is 0.161. The summed E-state index contributed by atoms with van der Waals surface area (Å²) >= 11 is 0. The van der Waals surface area contributed by atoms with Gasteiger partial charge in [0.2, 0.25) is 0 Å². The third-order valence-corrected chi connectivity index (χ3v) is 2.89. The molecule has 2 N–H and O–H groups in total. The molecule has 0 aromatic rings. The first kappa shape index (κ1) is 13.9. The Labute approximate surface area is 100 Å². The van der Waals surface area contributed by atoms with Crippen molar-refractivity contribution >= 4 is 11.9 Å². The fraction of sp³-hybridized carbons (Fsp3) is 0.818. The number of hydrogen-bond acceptors (Lipinski definition) is 5. The summed E-state index contributed by atoms with van der Waals surface area (Å²) in [6.45, 7) is 4.38. The Morgan fingerprint density at radius 2 is 2.06 bits per heavy atom. The first-order valence-corrected chi connectivity index (χ1v) is 5.77. The number of nitrogens with one attached hydrogen (secondary N) is 1. The lowest BCUT2D eigenvalue weighted by Crippen LogP contribution is -2.59. The predicted molar refractivity (Wildman–Crippen MR) is 59.7 cm³/mol. The van der Waals surface area contributed by atoms with Gasteiger partial charge in [-0.15, -0.1) is 0 Å². The highest BCUT2D eigenvalue weighted by atomic mass is 16.5. The molecule has 1 atom stereocenters. The molecule has 0 radical (unpaired) electrons. The van der Waals surface area contributed by atoms with Crippen molar-refractivity contribution in [3.05, 3.63) is 0 Å². The Morgan fingerprint density at radius 1 is 1.47 bits per heavy atom. The third-order valence-electron chi connectivity index (χ3n) is 2.89. The smallest absolute Gasteiger partial charge is 0.324 e. The van der Waals surface area contributed by atoms with Crippen LogP contribution >= 0.6 is 0 Å². The summed E-state index contributed by atoms with van der Waals surface area (Å²) in [5.41, 5.74) is -1.08. The molecule has 98 valence electrons. The fourth-order valence-corrected chi connectivity index (χ4v) is 1.88. The van der Waals surface area contributed by atoms with Crippen molar-refractivity contribution in [3.8, 4) is 0 Å². The van der Waals surface area contributed by atoms with E-state index in [9.17, 15) is 14.7 Å². The number of esters is 1. The van der Waals surface area contributed by atoms with Gasteiger partial charge < -0.3 is 14.6 Å². The summed E-state index contributed by atoms with van der Waals surface area (Å²) in [6.07, 6.45) is 0.707. The second-order valence-electron chi connectivity index (χ2n) is 4.12. The maximum absolute atomic E-state index is 11.5. The van der Waals surface area contributed by atoms with E-state index >= 15 is 0 Å². The second-order valence-corrected chi connectivity index (χ2v) is 4.12. The van der Waals surface area contributed by atoms with Gasteiger partial charge in [-0.25, -0.2) is 0 Å². The molecule has 0 aromatic heterocycles. The van der Waals surface area contributed by atoms with Gasteiger partial charge in [0.1, 0.15) is 11.6 Å². The van der Waals surface area contributed by atoms with Crippen LogP contribution in [0.15, 0.2) is 0 Å². The Morgan fingerprint density at radius 3 is 2.53 bits per heavy atom. The van der Waals surface area contributed by atoms with Crippen molar-refractivity contribution < 1.29 is 24.2 Å². The first-order valence-electron chi connectivity index (χ1n) is 5.77. The number of hydrogen-bond donors (Lipinski definition) is 2. The van der Waals surface area contributed by atoms with Crippen molar-refractivity contribution in [2.24, 2.45) is 0 Å². The molecule has 1 heterocycles. The van der Waals surface area contributed by atoms with Crippen LogP contribution in [0, 0.1) is 0 Å². The number of ether oxygens (including phenoxy) is 2. The van der Waals surface area contributed by atoms with Crippen LogP contribution in [-0.2, 0) is 19.1 Å². The molecule has 1 fully saturated rings. The van der Waals surface area contributed by atoms with E-state index in [0.29, 0.717) is 26.1 Å². The lowest BCUT2D eigenvalue weighted by atomic mass is 9.89. The first-order chi connectivity index (χ1) is 8.02. The van der Waals surface area contributed by atoms with E-state index in [0.717, 1.165) is 0 Å². The standard InChI is InChI=1S/C11H19NO5/c1-3-17-9(13)8(2)12-11(10(14)15)4-6-16-7-5-11/h8,12H,3-7H2,1-2H3,(H,14,15). The van der Waals surface area contributed by atoms with Gasteiger partial charge in [-0.2, -0.15) is 0 Å². The topological polar surface area (TPSA) is 84.9 Å². The molecule has 0 aliphatic carbocycles. The molecular formula is C11H19NO5. The summed E-state index contributed by atoms with van der Waals surface area (Å²) in [6, 6.07) is -0.635. The number of aliphatic carboxylic acids is 1. The summed E-state index contributed by atoms with van der Waals surface area (Å²) in [5.74, 6) is -1.38. The number of carbonyl (C=O) groups is 2. The van der Waals surface area contributed by atoms with Gasteiger partial charge in [0.15, 0.2) is 0 Å². The molecule has 0 amide bonds. The SMILES string of the molecule is CCOC(=O)C(C)NC1(C(=O)O)CCOCC1. The highest BCUT2D eigenvalue weighted by Crippen LogP contribution is 2.22. The van der Waals surface area contributed by atoms with Gasteiger partial charge in [0, 0.05) is 13.2 Å². The average Bonchev–Trinajstić information content (AvgIpc) is 2.30. The Balaban J connectivity index is 2.66. The number of carboxylic acid groups (broad SMARTS) is 1. The molecule has 0 bridgehead atoms. The van der Waals surface area contributed by atoms with Crippen molar-refractivity contribution in [2.45, 2.75) is 38.3 Å². The molecule has 0 aromatic carbocycles. The highest BCUT2D eigenvalue weighted by molar-refractivity contribution is 5.81. The van der Waals surface area contributed by atoms with Crippen molar-refractivity contribution in [1.82, 2.24) is 5.32 Å². The normalized spacial score (nSPS) is 20.6. The lowest BCUT2D eigenvalue weighted by molar-refractivity contribution is -0.153. The summed E-state index contributed by atoms with van der Waals surface area (Å²) < 4.78 is 9.99. The molecule has 0 spiro atoms. The van der Waals surface area contributed by atoms with E-state index in [2.05, 4.69) is 5.32 Å². The van der Waals surface area contributed by atoms with Crippen LogP contribution in [0.3, 0.4) is 0 Å². The minimum absolute atomic E-state index is 0.286. The van der Waals surface area contributed by atoms with Crippen LogP contribution in [0.1, 0.15) is 26.7 Å². The van der Waals surface area contributed by atoms with E-state index in [4.69, 9.17) is 9.47 Å². The maximum Gasteiger partial charge on any atom is 0.324 e. The minimum atomic E-state index is -1.08. The monoisotopic (exact) mass is 245 g/mol. The zero-order chi connectivity index (χ0) is 12.9. The van der Waals surface area contributed by atoms with Crippen LogP contribution in [0.2, 0.25) is 0 Å². The molecule has 6 nitrogen and oxygen atoms in total. The van der Waals surface area contributed by atoms with E-state index in [1.165, 1.54) is 0 Å². The van der Waals surface area contributed by atoms with Gasteiger partial charge in [-0.05, 0) is 26.7 Å². The largest absolute Gasteiger partial charge is 0.480 e. The minimum Gasteiger partial charge on any atom is -0.480 e. The molecule has 1 aliphatic heterocycles. The number of carbonyl (C=O) groups excluding carboxylic acids is 1. The van der Waals surface area contributed by atoms with Gasteiger partial charge in [0.25, 0.3) is 0 Å². The van der Waals surface area contributed by atoms with Gasteiger partial charge >= 0.3 is 11.9 Å². The quantitative estimate of drug-likeness (QED) is 0.671. The fourth-order valence-electron chi connectivity index (χ4n) is 1.88. The van der Waals surface area contributed by atoms with E-state index in [1.807, 2.05) is 0 Å². The molecule has 1 unspecified atom stereocenters. The summed E-state index contributed by atoms with van der Waals surface area (Å²) in [5, 5.41) is 12.1. The van der Waals surface area contributed by atoms with Crippen LogP contribution in [0.4, 0.5) is 0 Å². The number of rotatable bonds is 5. The zero-order valence-electron chi connectivity index (χ0n) is 10.2. The van der Waals surface area contributed by atoms with Crippen LogP contribution in [0.5, 0.6) is 0 Å². The van der Waals surface area contributed by atoms with E-state index in [1.54, 1.807) is 13.8 Å².